The van der Waals surface area contributed by atoms with Gasteiger partial charge < -0.3 is 20.1 Å². The van der Waals surface area contributed by atoms with E-state index < -0.39 is 0 Å². The van der Waals surface area contributed by atoms with E-state index in [0.717, 1.165) is 82.3 Å². The molecule has 154 valence electrons. The average Bonchev–Trinajstić information content (AvgIpc) is 2.65. The third-order valence-electron chi connectivity index (χ3n) is 4.67. The Morgan fingerprint density at radius 2 is 2.00 bits per heavy atom. The second kappa shape index (κ2) is 14.1. The van der Waals surface area contributed by atoms with Crippen LogP contribution in [-0.4, -0.2) is 52.5 Å². The predicted molar refractivity (Wildman–Crippen MR) is 119 cm³/mol. The lowest BCUT2D eigenvalue weighted by Gasteiger charge is -2.21. The third kappa shape index (κ3) is 9.71. The van der Waals surface area contributed by atoms with Gasteiger partial charge in [-0.1, -0.05) is 6.07 Å². The minimum Gasteiger partial charge on any atom is -0.381 e. The lowest BCUT2D eigenvalue weighted by molar-refractivity contribution is 0.0203. The van der Waals surface area contributed by atoms with Gasteiger partial charge >= 0.3 is 0 Å². The number of rotatable bonds is 9. The van der Waals surface area contributed by atoms with Gasteiger partial charge in [0.05, 0.1) is 0 Å². The molecule has 1 aliphatic heterocycles. The average molecular weight is 493 g/mol. The topological polar surface area (TPSA) is 54.9 Å². The monoisotopic (exact) mass is 493 g/mol. The molecule has 27 heavy (non-hydrogen) atoms. The van der Waals surface area contributed by atoms with Crippen molar-refractivity contribution in [2.24, 2.45) is 10.9 Å². The maximum absolute atomic E-state index is 13.1. The second-order valence-corrected chi connectivity index (χ2v) is 6.73. The molecule has 1 fully saturated rings. The fourth-order valence-electron chi connectivity index (χ4n) is 3.02. The van der Waals surface area contributed by atoms with E-state index in [2.05, 4.69) is 15.6 Å². The summed E-state index contributed by atoms with van der Waals surface area (Å²) in [6, 6.07) is 4.93. The van der Waals surface area contributed by atoms with E-state index in [1.54, 1.807) is 13.1 Å². The molecule has 1 heterocycles. The number of halogens is 2. The Hall–Kier alpha value is -0.930. The number of ether oxygens (including phenoxy) is 2. The van der Waals surface area contributed by atoms with E-state index in [-0.39, 0.29) is 29.8 Å². The van der Waals surface area contributed by atoms with Gasteiger partial charge in [-0.3, -0.25) is 4.99 Å². The normalized spacial score (nSPS) is 15.3. The summed E-state index contributed by atoms with van der Waals surface area (Å²) in [5.41, 5.74) is 2.13. The summed E-state index contributed by atoms with van der Waals surface area (Å²) in [5, 5.41) is 6.59. The van der Waals surface area contributed by atoms with Crippen LogP contribution in [0.15, 0.2) is 23.2 Å². The van der Waals surface area contributed by atoms with Gasteiger partial charge in [0, 0.05) is 46.6 Å². The molecule has 0 radical (unpaired) electrons. The van der Waals surface area contributed by atoms with Crippen LogP contribution in [0.4, 0.5) is 4.39 Å². The lowest BCUT2D eigenvalue weighted by Crippen LogP contribution is -2.39. The van der Waals surface area contributed by atoms with Crippen LogP contribution < -0.4 is 10.6 Å². The number of hydrogen-bond donors (Lipinski definition) is 2. The Kier molecular flexibility index (Phi) is 12.6. The van der Waals surface area contributed by atoms with E-state index in [4.69, 9.17) is 9.47 Å². The van der Waals surface area contributed by atoms with Crippen LogP contribution in [0.25, 0.3) is 0 Å². The molecule has 7 heteroatoms. The quantitative estimate of drug-likeness (QED) is 0.240. The number of hydrogen-bond acceptors (Lipinski definition) is 3. The first kappa shape index (κ1) is 24.1. The van der Waals surface area contributed by atoms with Crippen LogP contribution in [0.2, 0.25) is 0 Å². The summed E-state index contributed by atoms with van der Waals surface area (Å²) < 4.78 is 24.2. The Labute approximate surface area is 179 Å². The van der Waals surface area contributed by atoms with Crippen molar-refractivity contribution in [1.29, 1.82) is 0 Å². The molecule has 0 unspecified atom stereocenters. The maximum Gasteiger partial charge on any atom is 0.190 e. The van der Waals surface area contributed by atoms with Gasteiger partial charge in [0.25, 0.3) is 0 Å². The summed E-state index contributed by atoms with van der Waals surface area (Å²) in [4.78, 5) is 4.23. The van der Waals surface area contributed by atoms with E-state index in [1.807, 2.05) is 13.0 Å². The van der Waals surface area contributed by atoms with E-state index >= 15 is 0 Å². The first-order valence-corrected chi connectivity index (χ1v) is 9.54. The lowest BCUT2D eigenvalue weighted by atomic mass is 10.0. The summed E-state index contributed by atoms with van der Waals surface area (Å²) in [6.07, 6.45) is 4.01. The molecule has 0 aliphatic carbocycles. The van der Waals surface area contributed by atoms with Gasteiger partial charge in [-0.25, -0.2) is 4.39 Å². The molecular weight excluding hydrogens is 460 g/mol. The summed E-state index contributed by atoms with van der Waals surface area (Å²) in [6.45, 7) is 6.86. The maximum atomic E-state index is 13.1. The number of benzene rings is 1. The number of aliphatic imine (C=N–C) groups is 1. The van der Waals surface area contributed by atoms with Crippen molar-refractivity contribution >= 4 is 29.9 Å². The molecule has 2 rings (SSSR count). The molecule has 1 saturated heterocycles. The van der Waals surface area contributed by atoms with Crippen molar-refractivity contribution in [3.05, 3.63) is 35.1 Å². The zero-order valence-corrected chi connectivity index (χ0v) is 18.8. The van der Waals surface area contributed by atoms with Gasteiger partial charge in [0.1, 0.15) is 5.82 Å². The molecule has 0 atom stereocenters. The van der Waals surface area contributed by atoms with Crippen molar-refractivity contribution in [1.82, 2.24) is 10.6 Å². The highest BCUT2D eigenvalue weighted by atomic mass is 127. The first-order chi connectivity index (χ1) is 12.7. The zero-order valence-electron chi connectivity index (χ0n) is 16.4. The molecule has 0 saturated carbocycles. The van der Waals surface area contributed by atoms with Gasteiger partial charge in [0.15, 0.2) is 5.96 Å². The number of nitrogens with one attached hydrogen (secondary N) is 2. The fourth-order valence-corrected chi connectivity index (χ4v) is 3.02. The molecule has 2 N–H and O–H groups in total. The Morgan fingerprint density at radius 1 is 1.26 bits per heavy atom. The Morgan fingerprint density at radius 3 is 2.70 bits per heavy atom. The molecule has 0 aromatic heterocycles. The van der Waals surface area contributed by atoms with Crippen molar-refractivity contribution in [3.63, 3.8) is 0 Å². The molecule has 0 amide bonds. The molecule has 0 bridgehead atoms. The highest BCUT2D eigenvalue weighted by molar-refractivity contribution is 14.0. The standard InChI is InChI=1S/C20H32FN3O2.HI/c1-16-14-19(21)5-4-18(16)6-10-24-20(22-2)23-9-3-11-26-15-17-7-12-25-13-8-17;/h4-5,14,17H,3,6-13,15H2,1-2H3,(H2,22,23,24);1H. The van der Waals surface area contributed by atoms with Crippen molar-refractivity contribution in [2.45, 2.75) is 32.6 Å². The SMILES string of the molecule is CN=C(NCCCOCC1CCOCC1)NCCc1ccc(F)cc1C.I. The molecular formula is C20H33FIN3O2. The van der Waals surface area contributed by atoms with Crippen molar-refractivity contribution in [3.8, 4) is 0 Å². The van der Waals surface area contributed by atoms with Crippen LogP contribution in [0.1, 0.15) is 30.4 Å². The predicted octanol–water partition coefficient (Wildman–Crippen LogP) is 3.29. The Balaban J connectivity index is 0.00000364. The third-order valence-corrected chi connectivity index (χ3v) is 4.67. The molecule has 1 aromatic rings. The first-order valence-electron chi connectivity index (χ1n) is 9.54. The van der Waals surface area contributed by atoms with Gasteiger partial charge in [-0.2, -0.15) is 0 Å². The summed E-state index contributed by atoms with van der Waals surface area (Å²) in [5.74, 6) is 1.26. The second-order valence-electron chi connectivity index (χ2n) is 6.73. The van der Waals surface area contributed by atoms with Gasteiger partial charge in [-0.05, 0) is 61.8 Å². The molecule has 5 nitrogen and oxygen atoms in total. The largest absolute Gasteiger partial charge is 0.381 e. The van der Waals surface area contributed by atoms with Gasteiger partial charge in [0.2, 0.25) is 0 Å². The van der Waals surface area contributed by atoms with Crippen LogP contribution in [0.3, 0.4) is 0 Å². The van der Waals surface area contributed by atoms with E-state index in [0.29, 0.717) is 5.92 Å². The van der Waals surface area contributed by atoms with Gasteiger partial charge in [-0.15, -0.1) is 24.0 Å². The van der Waals surface area contributed by atoms with Crippen LogP contribution in [-0.2, 0) is 15.9 Å². The van der Waals surface area contributed by atoms with E-state index in [9.17, 15) is 4.39 Å². The number of nitrogens with zero attached hydrogens (tertiary/aromatic N) is 1. The summed E-state index contributed by atoms with van der Waals surface area (Å²) >= 11 is 0. The Bertz CT molecular complexity index is 566. The highest BCUT2D eigenvalue weighted by Gasteiger charge is 2.13. The van der Waals surface area contributed by atoms with Crippen LogP contribution in [0, 0.1) is 18.7 Å². The zero-order chi connectivity index (χ0) is 18.6. The molecule has 1 aromatic carbocycles. The van der Waals surface area contributed by atoms with E-state index in [1.165, 1.54) is 6.07 Å². The summed E-state index contributed by atoms with van der Waals surface area (Å²) in [7, 11) is 1.76. The van der Waals surface area contributed by atoms with Crippen molar-refractivity contribution < 1.29 is 13.9 Å². The minimum atomic E-state index is -0.185. The van der Waals surface area contributed by atoms with Crippen molar-refractivity contribution in [2.75, 3.05) is 46.6 Å². The smallest absolute Gasteiger partial charge is 0.190 e. The minimum absolute atomic E-state index is 0. The molecule has 1 aliphatic rings. The fraction of sp³-hybridized carbons (Fsp3) is 0.650. The van der Waals surface area contributed by atoms with Crippen LogP contribution >= 0.6 is 24.0 Å². The number of aryl methyl sites for hydroxylation is 1. The number of guanidine groups is 1. The molecule has 0 spiro atoms. The van der Waals surface area contributed by atoms with Crippen LogP contribution in [0.5, 0.6) is 0 Å². The highest BCUT2D eigenvalue weighted by Crippen LogP contribution is 2.14.